The van der Waals surface area contributed by atoms with Gasteiger partial charge in [0, 0.05) is 17.1 Å². The van der Waals surface area contributed by atoms with E-state index in [1.54, 1.807) is 12.1 Å². The van der Waals surface area contributed by atoms with E-state index in [9.17, 15) is 4.39 Å². The van der Waals surface area contributed by atoms with Crippen molar-refractivity contribution in [3.63, 3.8) is 0 Å². The summed E-state index contributed by atoms with van der Waals surface area (Å²) in [5.74, 6) is 0.447. The molecular weight excluding hydrogens is 321 g/mol. The van der Waals surface area contributed by atoms with Crippen molar-refractivity contribution in [2.24, 2.45) is 5.73 Å². The molecule has 94 valence electrons. The second-order valence-corrected chi connectivity index (χ2v) is 4.90. The van der Waals surface area contributed by atoms with Gasteiger partial charge in [0.15, 0.2) is 0 Å². The van der Waals surface area contributed by atoms with E-state index < -0.39 is 5.82 Å². The Kier molecular flexibility index (Phi) is 4.22. The molecule has 0 spiro atoms. The van der Waals surface area contributed by atoms with Crippen LogP contribution in [0.4, 0.5) is 4.39 Å². The van der Waals surface area contributed by atoms with Crippen LogP contribution in [-0.2, 0) is 6.54 Å². The summed E-state index contributed by atoms with van der Waals surface area (Å²) >= 11 is 9.31. The van der Waals surface area contributed by atoms with Crippen LogP contribution in [0.2, 0.25) is 5.02 Å². The van der Waals surface area contributed by atoms with Gasteiger partial charge in [0.2, 0.25) is 0 Å². The third kappa shape index (κ3) is 3.02. The highest BCUT2D eigenvalue weighted by molar-refractivity contribution is 9.10. The van der Waals surface area contributed by atoms with Crippen LogP contribution in [0.25, 0.3) is 0 Å². The first-order valence-electron chi connectivity index (χ1n) is 5.21. The molecule has 0 saturated heterocycles. The van der Waals surface area contributed by atoms with E-state index >= 15 is 0 Å². The molecule has 0 aliphatic carbocycles. The molecule has 0 aliphatic heterocycles. The summed E-state index contributed by atoms with van der Waals surface area (Å²) < 4.78 is 19.5. The first kappa shape index (κ1) is 13.3. The fourth-order valence-electron chi connectivity index (χ4n) is 1.44. The minimum absolute atomic E-state index is 0.282. The normalized spacial score (nSPS) is 10.4. The predicted molar refractivity (Wildman–Crippen MR) is 73.5 cm³/mol. The number of hydrogen-bond donors (Lipinski definition) is 1. The van der Waals surface area contributed by atoms with E-state index in [0.29, 0.717) is 17.3 Å². The summed E-state index contributed by atoms with van der Waals surface area (Å²) in [6.07, 6.45) is 0. The molecule has 2 nitrogen and oxygen atoms in total. The summed E-state index contributed by atoms with van der Waals surface area (Å²) in [5.41, 5.74) is 6.52. The molecule has 2 N–H and O–H groups in total. The van der Waals surface area contributed by atoms with Gasteiger partial charge in [0.25, 0.3) is 0 Å². The number of benzene rings is 2. The van der Waals surface area contributed by atoms with Gasteiger partial charge in [0.05, 0.1) is 5.02 Å². The Morgan fingerprint density at radius 1 is 1.22 bits per heavy atom. The molecule has 0 unspecified atom stereocenters. The molecule has 5 heteroatoms. The molecule has 0 aliphatic rings. The Morgan fingerprint density at radius 2 is 2.00 bits per heavy atom. The SMILES string of the molecule is NCc1ccc(Oc2cc(F)ccc2Cl)cc1Br. The van der Waals surface area contributed by atoms with Crippen molar-refractivity contribution in [3.05, 3.63) is 57.3 Å². The number of ether oxygens (including phenoxy) is 1. The van der Waals surface area contributed by atoms with E-state index in [4.69, 9.17) is 22.1 Å². The summed E-state index contributed by atoms with van der Waals surface area (Å²) in [6, 6.07) is 9.34. The molecular formula is C13H10BrClFNO. The molecule has 2 aromatic rings. The van der Waals surface area contributed by atoms with Gasteiger partial charge in [0.1, 0.15) is 17.3 Å². The number of hydrogen-bond acceptors (Lipinski definition) is 2. The van der Waals surface area contributed by atoms with Gasteiger partial charge < -0.3 is 10.5 Å². The maximum atomic E-state index is 13.1. The lowest BCUT2D eigenvalue weighted by Crippen LogP contribution is -1.97. The van der Waals surface area contributed by atoms with Crippen molar-refractivity contribution in [1.29, 1.82) is 0 Å². The summed E-state index contributed by atoms with van der Waals surface area (Å²) in [5, 5.41) is 0.357. The first-order valence-corrected chi connectivity index (χ1v) is 6.38. The summed E-state index contributed by atoms with van der Waals surface area (Å²) in [6.45, 7) is 0.432. The first-order chi connectivity index (χ1) is 8.60. The third-order valence-electron chi connectivity index (χ3n) is 2.37. The maximum Gasteiger partial charge on any atom is 0.148 e. The number of nitrogens with two attached hydrogens (primary N) is 1. The molecule has 0 heterocycles. The van der Waals surface area contributed by atoms with E-state index in [-0.39, 0.29) is 5.75 Å². The lowest BCUT2D eigenvalue weighted by atomic mass is 10.2. The Labute approximate surface area is 118 Å². The van der Waals surface area contributed by atoms with Crippen LogP contribution in [0, 0.1) is 5.82 Å². The highest BCUT2D eigenvalue weighted by Crippen LogP contribution is 2.32. The fraction of sp³-hybridized carbons (Fsp3) is 0.0769. The van der Waals surface area contributed by atoms with Crippen LogP contribution in [0.3, 0.4) is 0 Å². The molecule has 18 heavy (non-hydrogen) atoms. The highest BCUT2D eigenvalue weighted by Gasteiger charge is 2.06. The maximum absolute atomic E-state index is 13.1. The second-order valence-electron chi connectivity index (χ2n) is 3.63. The lowest BCUT2D eigenvalue weighted by Gasteiger charge is -2.09. The van der Waals surface area contributed by atoms with Crippen LogP contribution in [-0.4, -0.2) is 0 Å². The van der Waals surface area contributed by atoms with Gasteiger partial charge in [-0.15, -0.1) is 0 Å². The minimum Gasteiger partial charge on any atom is -0.456 e. The molecule has 0 atom stereocenters. The average molecular weight is 331 g/mol. The molecule has 2 aromatic carbocycles. The highest BCUT2D eigenvalue weighted by atomic mass is 79.9. The van der Waals surface area contributed by atoms with Gasteiger partial charge in [-0.1, -0.05) is 33.6 Å². The molecule has 0 saturated carbocycles. The van der Waals surface area contributed by atoms with Gasteiger partial charge in [-0.25, -0.2) is 4.39 Å². The topological polar surface area (TPSA) is 35.2 Å². The predicted octanol–water partition coefficient (Wildman–Crippen LogP) is 4.49. The zero-order valence-electron chi connectivity index (χ0n) is 9.29. The van der Waals surface area contributed by atoms with Crippen LogP contribution >= 0.6 is 27.5 Å². The molecule has 0 amide bonds. The van der Waals surface area contributed by atoms with Gasteiger partial charge in [-0.3, -0.25) is 0 Å². The minimum atomic E-state index is -0.396. The standard InChI is InChI=1S/C13H10BrClFNO/c14-11-6-10(3-1-8(11)7-17)18-13-5-9(16)2-4-12(13)15/h1-6H,7,17H2. The van der Waals surface area contributed by atoms with E-state index in [1.807, 2.05) is 6.07 Å². The van der Waals surface area contributed by atoms with Crippen LogP contribution < -0.4 is 10.5 Å². The molecule has 0 radical (unpaired) electrons. The monoisotopic (exact) mass is 329 g/mol. The van der Waals surface area contributed by atoms with Crippen molar-refractivity contribution < 1.29 is 9.13 Å². The van der Waals surface area contributed by atoms with Gasteiger partial charge >= 0.3 is 0 Å². The summed E-state index contributed by atoms with van der Waals surface area (Å²) in [7, 11) is 0. The van der Waals surface area contributed by atoms with Crippen LogP contribution in [0.15, 0.2) is 40.9 Å². The molecule has 2 rings (SSSR count). The zero-order chi connectivity index (χ0) is 13.1. The van der Waals surface area contributed by atoms with Gasteiger partial charge in [-0.2, -0.15) is 0 Å². The van der Waals surface area contributed by atoms with Gasteiger partial charge in [-0.05, 0) is 29.8 Å². The number of halogens is 3. The van der Waals surface area contributed by atoms with Crippen LogP contribution in [0.1, 0.15) is 5.56 Å². The van der Waals surface area contributed by atoms with Crippen molar-refractivity contribution in [2.75, 3.05) is 0 Å². The van der Waals surface area contributed by atoms with Crippen molar-refractivity contribution >= 4 is 27.5 Å². The molecule has 0 fully saturated rings. The van der Waals surface area contributed by atoms with E-state index in [2.05, 4.69) is 15.9 Å². The van der Waals surface area contributed by atoms with Crippen molar-refractivity contribution in [1.82, 2.24) is 0 Å². The zero-order valence-corrected chi connectivity index (χ0v) is 11.6. The summed E-state index contributed by atoms with van der Waals surface area (Å²) in [4.78, 5) is 0. The Bertz CT molecular complexity index is 577. The lowest BCUT2D eigenvalue weighted by molar-refractivity contribution is 0.476. The fourth-order valence-corrected chi connectivity index (χ4v) is 2.12. The Balaban J connectivity index is 2.28. The number of rotatable bonds is 3. The largest absolute Gasteiger partial charge is 0.456 e. The third-order valence-corrected chi connectivity index (χ3v) is 3.42. The average Bonchev–Trinajstić information content (AvgIpc) is 2.34. The Hall–Kier alpha value is -1.10. The molecule has 0 aromatic heterocycles. The Morgan fingerprint density at radius 3 is 2.67 bits per heavy atom. The van der Waals surface area contributed by atoms with Crippen molar-refractivity contribution in [3.8, 4) is 11.5 Å². The van der Waals surface area contributed by atoms with Crippen LogP contribution in [0.5, 0.6) is 11.5 Å². The van der Waals surface area contributed by atoms with Crippen molar-refractivity contribution in [2.45, 2.75) is 6.54 Å². The smallest absolute Gasteiger partial charge is 0.148 e. The van der Waals surface area contributed by atoms with E-state index in [1.165, 1.54) is 18.2 Å². The van der Waals surface area contributed by atoms with E-state index in [0.717, 1.165) is 10.0 Å². The quantitative estimate of drug-likeness (QED) is 0.899. The molecule has 0 bridgehead atoms. The second kappa shape index (κ2) is 5.69.